The van der Waals surface area contributed by atoms with Gasteiger partial charge in [0.25, 0.3) is 0 Å². The zero-order valence-electron chi connectivity index (χ0n) is 20.7. The molecule has 6 nitrogen and oxygen atoms in total. The molecule has 0 spiro atoms. The molecule has 5 rings (SSSR count). The molecule has 0 bridgehead atoms. The van der Waals surface area contributed by atoms with E-state index in [9.17, 15) is 9.59 Å². The molecule has 1 atom stereocenters. The van der Waals surface area contributed by atoms with Crippen LogP contribution >= 0.6 is 45.8 Å². The number of nitrogens with one attached hydrogen (secondary N) is 1. The lowest BCUT2D eigenvalue weighted by Crippen LogP contribution is -2.29. The third-order valence-electron chi connectivity index (χ3n) is 6.61. The number of allylic oxidation sites excluding steroid dienone is 2. The number of benzene rings is 3. The monoisotopic (exact) mass is 661 g/mol. The van der Waals surface area contributed by atoms with Crippen molar-refractivity contribution in [1.82, 2.24) is 5.32 Å². The molecule has 1 N–H and O–H groups in total. The van der Waals surface area contributed by atoms with Crippen LogP contribution in [0.2, 0.25) is 10.0 Å². The highest BCUT2D eigenvalue weighted by Crippen LogP contribution is 2.48. The van der Waals surface area contributed by atoms with Crippen LogP contribution < -0.4 is 14.8 Å². The first kappa shape index (κ1) is 26.6. The fraction of sp³-hybridized carbons (Fsp3) is 0.172. The number of esters is 1. The number of Topliss-reactive ketones (excluding diaryl/α,β-unsaturated/α-hetero) is 1. The summed E-state index contributed by atoms with van der Waals surface area (Å²) < 4.78 is 17.7. The summed E-state index contributed by atoms with van der Waals surface area (Å²) in [5.74, 6) is -0.296. The summed E-state index contributed by atoms with van der Waals surface area (Å²) in [5, 5.41) is 4.20. The van der Waals surface area contributed by atoms with Crippen molar-refractivity contribution in [3.8, 4) is 11.5 Å². The van der Waals surface area contributed by atoms with Gasteiger partial charge in [0.1, 0.15) is 6.61 Å². The second kappa shape index (κ2) is 10.6. The Bertz CT molecular complexity index is 1560. The highest BCUT2D eigenvalue weighted by atomic mass is 127. The Labute approximate surface area is 243 Å². The summed E-state index contributed by atoms with van der Waals surface area (Å²) in [6.07, 6.45) is 0. The largest absolute Gasteiger partial charge is 0.493 e. The first-order valence-corrected chi connectivity index (χ1v) is 13.5. The van der Waals surface area contributed by atoms with Gasteiger partial charge in [0.15, 0.2) is 17.3 Å². The SMILES string of the molecule is COC(=O)C1=C(C)NC2=C(C(=O)c3ccccc32)[C@H]1c1cc(I)c(OCc2ccc(Cl)c(Cl)c2)c(OC)c1. The zero-order chi connectivity index (χ0) is 27.1. The van der Waals surface area contributed by atoms with E-state index in [4.69, 9.17) is 37.4 Å². The van der Waals surface area contributed by atoms with Crippen molar-refractivity contribution in [2.45, 2.75) is 19.4 Å². The Morgan fingerprint density at radius 2 is 1.76 bits per heavy atom. The van der Waals surface area contributed by atoms with Crippen LogP contribution in [0.15, 0.2) is 71.4 Å². The first-order chi connectivity index (χ1) is 18.2. The van der Waals surface area contributed by atoms with Crippen LogP contribution in [-0.4, -0.2) is 26.0 Å². The highest BCUT2D eigenvalue weighted by molar-refractivity contribution is 14.1. The van der Waals surface area contributed by atoms with Gasteiger partial charge in [0.2, 0.25) is 0 Å². The maximum Gasteiger partial charge on any atom is 0.336 e. The van der Waals surface area contributed by atoms with Crippen molar-refractivity contribution in [3.63, 3.8) is 0 Å². The van der Waals surface area contributed by atoms with Crippen LogP contribution in [0.1, 0.15) is 39.9 Å². The van der Waals surface area contributed by atoms with Gasteiger partial charge >= 0.3 is 5.97 Å². The quantitative estimate of drug-likeness (QED) is 0.228. The molecule has 0 radical (unpaired) electrons. The van der Waals surface area contributed by atoms with E-state index >= 15 is 0 Å². The Balaban J connectivity index is 1.59. The molecule has 3 aromatic rings. The van der Waals surface area contributed by atoms with Gasteiger partial charge in [0, 0.05) is 28.3 Å². The predicted octanol–water partition coefficient (Wildman–Crippen LogP) is 6.93. The molecule has 0 saturated heterocycles. The topological polar surface area (TPSA) is 73.9 Å². The molecular weight excluding hydrogens is 640 g/mol. The first-order valence-electron chi connectivity index (χ1n) is 11.6. The minimum atomic E-state index is -0.662. The van der Waals surface area contributed by atoms with Crippen LogP contribution in [0, 0.1) is 3.57 Å². The van der Waals surface area contributed by atoms with Crippen molar-refractivity contribution >= 4 is 63.2 Å². The fourth-order valence-electron chi connectivity index (χ4n) is 4.87. The maximum atomic E-state index is 13.6. The number of carbonyl (C=O) groups is 2. The van der Waals surface area contributed by atoms with Crippen molar-refractivity contribution < 1.29 is 23.8 Å². The average molecular weight is 662 g/mol. The second-order valence-corrected chi connectivity index (χ2v) is 10.8. The molecule has 0 saturated carbocycles. The van der Waals surface area contributed by atoms with E-state index in [1.165, 1.54) is 7.11 Å². The molecule has 0 unspecified atom stereocenters. The number of hydrogen-bond acceptors (Lipinski definition) is 6. The summed E-state index contributed by atoms with van der Waals surface area (Å²) in [4.78, 5) is 26.7. The summed E-state index contributed by atoms with van der Waals surface area (Å²) in [6.45, 7) is 2.05. The number of rotatable bonds is 6. The third kappa shape index (κ3) is 4.57. The molecule has 1 aliphatic heterocycles. The fourth-order valence-corrected chi connectivity index (χ4v) is 5.98. The van der Waals surface area contributed by atoms with E-state index in [2.05, 4.69) is 27.9 Å². The molecule has 3 aromatic carbocycles. The van der Waals surface area contributed by atoms with Crippen LogP contribution in [0.4, 0.5) is 0 Å². The van der Waals surface area contributed by atoms with Crippen LogP contribution in [0.25, 0.3) is 5.70 Å². The molecule has 1 aliphatic carbocycles. The molecule has 9 heteroatoms. The normalized spacial score (nSPS) is 16.2. The van der Waals surface area contributed by atoms with E-state index in [1.807, 2.05) is 37.3 Å². The maximum absolute atomic E-state index is 13.6. The smallest absolute Gasteiger partial charge is 0.336 e. The molecule has 2 aliphatic rings. The number of hydrogen-bond donors (Lipinski definition) is 1. The summed E-state index contributed by atoms with van der Waals surface area (Å²) >= 11 is 14.4. The third-order valence-corrected chi connectivity index (χ3v) is 8.15. The Hall–Kier alpha value is -3.01. The van der Waals surface area contributed by atoms with Gasteiger partial charge < -0.3 is 19.5 Å². The average Bonchev–Trinajstić information content (AvgIpc) is 3.19. The lowest BCUT2D eigenvalue weighted by Gasteiger charge is -2.29. The lowest BCUT2D eigenvalue weighted by atomic mass is 9.79. The number of fused-ring (bicyclic) bond motifs is 2. The van der Waals surface area contributed by atoms with Crippen molar-refractivity contribution in [2.75, 3.05) is 14.2 Å². The van der Waals surface area contributed by atoms with E-state index in [0.717, 1.165) is 14.7 Å². The molecule has 38 heavy (non-hydrogen) atoms. The number of ether oxygens (including phenoxy) is 3. The van der Waals surface area contributed by atoms with Gasteiger partial charge in [-0.05, 0) is 64.9 Å². The van der Waals surface area contributed by atoms with E-state index in [0.29, 0.717) is 55.2 Å². The molecule has 0 aromatic heterocycles. The number of ketones is 1. The van der Waals surface area contributed by atoms with Gasteiger partial charge in [-0.1, -0.05) is 53.5 Å². The standard InChI is InChI=1S/C29H22Cl2INO5/c1-14-23(29(35)37-3)24(25-26(33-14)17-6-4-5-7-18(17)27(25)34)16-11-21(32)28(22(12-16)36-2)38-13-15-8-9-19(30)20(31)10-15/h4-12,24,33H,13H2,1-3H3/t24-/m0/s1. The van der Waals surface area contributed by atoms with Crippen LogP contribution in [-0.2, 0) is 16.1 Å². The van der Waals surface area contributed by atoms with Crippen LogP contribution in [0.5, 0.6) is 11.5 Å². The molecule has 194 valence electrons. The van der Waals surface area contributed by atoms with Crippen molar-refractivity contribution in [3.05, 3.63) is 107 Å². The number of carbonyl (C=O) groups excluding carboxylic acids is 2. The van der Waals surface area contributed by atoms with Gasteiger partial charge in [-0.25, -0.2) is 4.79 Å². The van der Waals surface area contributed by atoms with Crippen molar-refractivity contribution in [1.29, 1.82) is 0 Å². The van der Waals surface area contributed by atoms with Gasteiger partial charge in [0.05, 0.1) is 39.1 Å². The predicted molar refractivity (Wildman–Crippen MR) is 155 cm³/mol. The molecule has 0 amide bonds. The molecule has 1 heterocycles. The minimum absolute atomic E-state index is 0.129. The minimum Gasteiger partial charge on any atom is -0.493 e. The number of methoxy groups -OCH3 is 2. The van der Waals surface area contributed by atoms with E-state index in [-0.39, 0.29) is 12.4 Å². The molecule has 0 fully saturated rings. The van der Waals surface area contributed by atoms with E-state index in [1.54, 1.807) is 31.4 Å². The van der Waals surface area contributed by atoms with Gasteiger partial charge in [-0.15, -0.1) is 0 Å². The molecular formula is C29H22Cl2INO5. The number of dihydropyridines is 1. The summed E-state index contributed by atoms with van der Waals surface area (Å²) in [5.41, 5.74) is 5.16. The second-order valence-electron chi connectivity index (χ2n) is 8.82. The zero-order valence-corrected chi connectivity index (χ0v) is 24.3. The van der Waals surface area contributed by atoms with Crippen LogP contribution in [0.3, 0.4) is 0 Å². The van der Waals surface area contributed by atoms with Gasteiger partial charge in [-0.3, -0.25) is 4.79 Å². The Morgan fingerprint density at radius 3 is 2.45 bits per heavy atom. The highest BCUT2D eigenvalue weighted by Gasteiger charge is 2.43. The van der Waals surface area contributed by atoms with Gasteiger partial charge in [-0.2, -0.15) is 0 Å². The number of halogens is 3. The summed E-state index contributed by atoms with van der Waals surface area (Å²) in [6, 6.07) is 16.4. The Kier molecular flexibility index (Phi) is 7.44. The lowest BCUT2D eigenvalue weighted by molar-refractivity contribution is -0.136. The Morgan fingerprint density at radius 1 is 1.03 bits per heavy atom. The van der Waals surface area contributed by atoms with Crippen molar-refractivity contribution in [2.24, 2.45) is 0 Å². The summed E-state index contributed by atoms with van der Waals surface area (Å²) in [7, 11) is 2.88. The van der Waals surface area contributed by atoms with E-state index < -0.39 is 11.9 Å².